The first-order valence-corrected chi connectivity index (χ1v) is 22.3. The van der Waals surface area contributed by atoms with Crippen LogP contribution in [0.25, 0.3) is 0 Å². The number of carbonyl (C=O) groups is 1. The predicted molar refractivity (Wildman–Crippen MR) is 268 cm³/mol. The summed E-state index contributed by atoms with van der Waals surface area (Å²) in [5.41, 5.74) is 4.61. The molecule has 0 aliphatic rings. The number of hydrogen-bond acceptors (Lipinski definition) is 6. The van der Waals surface area contributed by atoms with E-state index in [1.807, 2.05) is 83.1 Å². The van der Waals surface area contributed by atoms with Gasteiger partial charge >= 0.3 is 6.18 Å². The van der Waals surface area contributed by atoms with Gasteiger partial charge in [-0.2, -0.15) is 13.2 Å². The number of halogens is 4. The second kappa shape index (κ2) is 32.3. The minimum Gasteiger partial charge on any atom is -0.493 e. The third kappa shape index (κ3) is 25.8. The van der Waals surface area contributed by atoms with Gasteiger partial charge in [-0.25, -0.2) is 9.98 Å². The minimum atomic E-state index is -4.44. The van der Waals surface area contributed by atoms with Gasteiger partial charge in [0.25, 0.3) is 0 Å². The van der Waals surface area contributed by atoms with Crippen LogP contribution in [-0.2, 0) is 30.2 Å². The Balaban J connectivity index is 0. The van der Waals surface area contributed by atoms with Gasteiger partial charge in [0, 0.05) is 29.0 Å². The lowest BCUT2D eigenvalue weighted by molar-refractivity contribution is -0.139. The molecule has 0 fully saturated rings. The summed E-state index contributed by atoms with van der Waals surface area (Å²) in [7, 11) is 3.28. The van der Waals surface area contributed by atoms with Crippen LogP contribution >= 0.6 is 11.6 Å². The summed E-state index contributed by atoms with van der Waals surface area (Å²) in [5.74, 6) is 2.96. The van der Waals surface area contributed by atoms with Crippen LogP contribution in [0.3, 0.4) is 0 Å². The van der Waals surface area contributed by atoms with Crippen molar-refractivity contribution in [2.24, 2.45) is 34.1 Å². The second-order valence-electron chi connectivity index (χ2n) is 17.7. The number of aliphatic hydroxyl groups is 1. The van der Waals surface area contributed by atoms with E-state index in [4.69, 9.17) is 30.9 Å². The Morgan fingerprint density at radius 3 is 1.91 bits per heavy atom. The van der Waals surface area contributed by atoms with Crippen molar-refractivity contribution in [3.05, 3.63) is 118 Å². The highest BCUT2D eigenvalue weighted by molar-refractivity contribution is 6.31. The standard InChI is InChI=1S/C23H29NO3.C13H18F3NO.C11H15Cl.C5H12O.2CH4/c1-17(2)20(24-23(25)16-18-9-6-5-7-10-18)12-8-11-19-13-14-21(26-3)22(15-19)27-4;1-9(2)12(3,4)8-18-11-10(13(14,15)16)6-5-7-17-11;1-8(2)6-10-5-4-9(3)11(12)7-10;1-5(2)3-4-6;;/h5-7,9-10,13-15,17H,8,11-12,16H2,1-4H3;5-7,9H,8H2,1-4H3;4-5,7-8H,6H2,1-3H3;5-6H,3-4H2,1-2H3;2*1H4. The first-order chi connectivity index (χ1) is 29.5. The van der Waals surface area contributed by atoms with Crippen molar-refractivity contribution in [3.8, 4) is 17.4 Å². The van der Waals surface area contributed by atoms with Crippen molar-refractivity contribution in [2.45, 2.75) is 136 Å². The van der Waals surface area contributed by atoms with Gasteiger partial charge in [-0.1, -0.05) is 144 Å². The number of aromatic nitrogens is 1. The molecule has 1 aromatic heterocycles. The molecule has 11 heteroatoms. The molecule has 0 unspecified atom stereocenters. The molecular weight excluding hydrogens is 849 g/mol. The highest BCUT2D eigenvalue weighted by atomic mass is 35.5. The summed E-state index contributed by atoms with van der Waals surface area (Å²) in [4.78, 5) is 20.4. The third-order valence-corrected chi connectivity index (χ3v) is 10.7. The predicted octanol–water partition coefficient (Wildman–Crippen LogP) is 15.2. The summed E-state index contributed by atoms with van der Waals surface area (Å²) in [6, 6.07) is 24.3. The Bertz CT molecular complexity index is 1930. The monoisotopic (exact) mass is 931 g/mol. The number of hydrogen-bond donors (Lipinski definition) is 1. The number of ether oxygens (including phenoxy) is 3. The number of alkyl halides is 3. The lowest BCUT2D eigenvalue weighted by Crippen LogP contribution is -2.28. The SMILES string of the molecule is C.C.CC(C)C(C)(C)COc1ncccc1C(F)(F)F.CC(C)CCO.COc1ccc(CCCC(=NC(=O)Cc2ccccc2)C(C)C)cc1OC.Cc1ccc(CC(C)C)cc1Cl. The lowest BCUT2D eigenvalue weighted by Gasteiger charge is -2.29. The molecule has 0 saturated carbocycles. The molecular formula is C54H82ClF3N2O5. The quantitative estimate of drug-likeness (QED) is 0.106. The summed E-state index contributed by atoms with van der Waals surface area (Å²) in [5, 5.41) is 9.12. The second-order valence-corrected chi connectivity index (χ2v) is 18.1. The molecule has 0 radical (unpaired) electrons. The van der Waals surface area contributed by atoms with Crippen LogP contribution < -0.4 is 14.2 Å². The fourth-order valence-electron chi connectivity index (χ4n) is 5.59. The van der Waals surface area contributed by atoms with E-state index in [0.717, 1.165) is 71.5 Å². The highest BCUT2D eigenvalue weighted by Gasteiger charge is 2.35. The molecule has 0 aliphatic carbocycles. The van der Waals surface area contributed by atoms with E-state index in [9.17, 15) is 18.0 Å². The Morgan fingerprint density at radius 2 is 1.42 bits per heavy atom. The minimum absolute atomic E-state index is 0. The Hall–Kier alpha value is -4.41. The van der Waals surface area contributed by atoms with Crippen molar-refractivity contribution in [3.63, 3.8) is 0 Å². The smallest absolute Gasteiger partial charge is 0.421 e. The normalized spacial score (nSPS) is 11.3. The summed E-state index contributed by atoms with van der Waals surface area (Å²) >= 11 is 6.00. The largest absolute Gasteiger partial charge is 0.493 e. The zero-order valence-corrected chi connectivity index (χ0v) is 40.8. The Labute approximate surface area is 396 Å². The van der Waals surface area contributed by atoms with Crippen molar-refractivity contribution < 1.29 is 37.3 Å². The number of benzene rings is 3. The van der Waals surface area contributed by atoms with E-state index < -0.39 is 11.7 Å². The first kappa shape index (κ1) is 62.7. The molecule has 0 bridgehead atoms. The summed E-state index contributed by atoms with van der Waals surface area (Å²) < 4.78 is 54.0. The summed E-state index contributed by atoms with van der Waals surface area (Å²) in [6.45, 7) is 23.3. The maximum atomic E-state index is 12.7. The van der Waals surface area contributed by atoms with Crippen LogP contribution in [0.4, 0.5) is 13.2 Å². The van der Waals surface area contributed by atoms with Gasteiger partial charge in [-0.3, -0.25) is 4.79 Å². The zero-order chi connectivity index (χ0) is 47.8. The molecule has 0 saturated heterocycles. The van der Waals surface area contributed by atoms with Crippen LogP contribution in [-0.4, -0.2) is 49.1 Å². The zero-order valence-electron chi connectivity index (χ0n) is 40.0. The lowest BCUT2D eigenvalue weighted by atomic mass is 9.82. The first-order valence-electron chi connectivity index (χ1n) is 21.9. The van der Waals surface area contributed by atoms with Crippen molar-refractivity contribution in [2.75, 3.05) is 27.4 Å². The van der Waals surface area contributed by atoms with Gasteiger partial charge in [-0.15, -0.1) is 0 Å². The van der Waals surface area contributed by atoms with E-state index in [1.165, 1.54) is 23.4 Å². The van der Waals surface area contributed by atoms with E-state index >= 15 is 0 Å². The van der Waals surface area contributed by atoms with E-state index in [-0.39, 0.29) is 44.6 Å². The molecule has 7 nitrogen and oxygen atoms in total. The van der Waals surface area contributed by atoms with Gasteiger partial charge in [0.05, 0.1) is 27.2 Å². The molecule has 1 amide bonds. The molecule has 3 aromatic carbocycles. The van der Waals surface area contributed by atoms with Gasteiger partial charge in [0.1, 0.15) is 5.56 Å². The number of aliphatic imine (C=N–C) groups is 1. The third-order valence-electron chi connectivity index (χ3n) is 10.3. The van der Waals surface area contributed by atoms with Crippen LogP contribution in [0.15, 0.2) is 90.1 Å². The number of amides is 1. The van der Waals surface area contributed by atoms with Crippen molar-refractivity contribution >= 4 is 23.2 Å². The van der Waals surface area contributed by atoms with E-state index in [0.29, 0.717) is 30.8 Å². The van der Waals surface area contributed by atoms with Gasteiger partial charge in [0.15, 0.2) is 11.5 Å². The molecule has 4 rings (SSSR count). The number of rotatable bonds is 17. The van der Waals surface area contributed by atoms with E-state index in [2.05, 4.69) is 69.7 Å². The number of carbonyl (C=O) groups excluding carboxylic acids is 1. The van der Waals surface area contributed by atoms with Crippen LogP contribution in [0, 0.1) is 36.0 Å². The molecule has 1 heterocycles. The van der Waals surface area contributed by atoms with E-state index in [1.54, 1.807) is 14.2 Å². The number of pyridine rings is 1. The number of aliphatic hydroxyl groups excluding tert-OH is 1. The fourth-order valence-corrected chi connectivity index (χ4v) is 5.79. The highest BCUT2D eigenvalue weighted by Crippen LogP contribution is 2.36. The maximum Gasteiger partial charge on any atom is 0.421 e. The molecule has 366 valence electrons. The molecule has 0 atom stereocenters. The molecule has 0 aliphatic heterocycles. The molecule has 65 heavy (non-hydrogen) atoms. The van der Waals surface area contributed by atoms with Gasteiger partial charge in [0.2, 0.25) is 11.8 Å². The van der Waals surface area contributed by atoms with Crippen molar-refractivity contribution in [1.82, 2.24) is 4.98 Å². The number of nitrogens with zero attached hydrogens (tertiary/aromatic N) is 2. The number of methoxy groups -OCH3 is 2. The summed E-state index contributed by atoms with van der Waals surface area (Å²) in [6.07, 6.45) is 1.90. The topological polar surface area (TPSA) is 90.2 Å². The average Bonchev–Trinajstić information content (AvgIpc) is 3.21. The number of aryl methyl sites for hydroxylation is 2. The Morgan fingerprint density at radius 1 is 0.800 bits per heavy atom. The molecule has 0 spiro atoms. The maximum absolute atomic E-state index is 12.7. The average molecular weight is 932 g/mol. The Kier molecular flexibility index (Phi) is 31.1. The van der Waals surface area contributed by atoms with Crippen LogP contribution in [0.2, 0.25) is 5.02 Å². The van der Waals surface area contributed by atoms with Crippen LogP contribution in [0.5, 0.6) is 17.4 Å². The van der Waals surface area contributed by atoms with Crippen LogP contribution in [0.1, 0.15) is 131 Å². The molecule has 1 N–H and O–H groups in total. The van der Waals surface area contributed by atoms with Gasteiger partial charge in [-0.05, 0) is 115 Å². The molecule has 4 aromatic rings. The fraction of sp³-hybridized carbons (Fsp3) is 0.537. The van der Waals surface area contributed by atoms with Gasteiger partial charge < -0.3 is 19.3 Å². The van der Waals surface area contributed by atoms with Crippen molar-refractivity contribution in [1.29, 1.82) is 0 Å².